The number of hydrogen-bond donors (Lipinski definition) is 1. The minimum Gasteiger partial charge on any atom is -0.396 e. The van der Waals surface area contributed by atoms with Crippen LogP contribution in [0, 0.1) is 5.92 Å². The minimum absolute atomic E-state index is 0.350. The molecule has 70 valence electrons. The Morgan fingerprint density at radius 2 is 2.15 bits per heavy atom. The average Bonchev–Trinajstić information content (AvgIpc) is 2.96. The van der Waals surface area contributed by atoms with Crippen LogP contribution < -0.4 is 0 Å². The van der Waals surface area contributed by atoms with E-state index < -0.39 is 0 Å². The third kappa shape index (κ3) is 1.61. The maximum absolute atomic E-state index is 9.00. The molecular formula is C12H16O. The van der Waals surface area contributed by atoms with E-state index in [1.807, 2.05) is 0 Å². The fraction of sp³-hybridized carbons (Fsp3) is 0.500. The van der Waals surface area contributed by atoms with E-state index in [4.69, 9.17) is 5.11 Å². The number of aryl methyl sites for hydroxylation is 1. The molecule has 1 nitrogen and oxygen atoms in total. The van der Waals surface area contributed by atoms with E-state index in [1.165, 1.54) is 17.5 Å². The Bertz CT molecular complexity index is 293. The molecule has 0 aromatic heterocycles. The van der Waals surface area contributed by atoms with Crippen LogP contribution in [-0.4, -0.2) is 11.7 Å². The number of rotatable bonds is 3. The van der Waals surface area contributed by atoms with Crippen LogP contribution in [0.15, 0.2) is 24.3 Å². The molecule has 1 aliphatic rings. The van der Waals surface area contributed by atoms with E-state index >= 15 is 0 Å². The van der Waals surface area contributed by atoms with Gasteiger partial charge in [-0.2, -0.15) is 0 Å². The molecule has 1 saturated carbocycles. The van der Waals surface area contributed by atoms with Crippen molar-refractivity contribution in [2.75, 3.05) is 6.61 Å². The van der Waals surface area contributed by atoms with Crippen LogP contribution in [0.5, 0.6) is 0 Å². The van der Waals surface area contributed by atoms with Crippen LogP contribution in [0.2, 0.25) is 0 Å². The summed E-state index contributed by atoms with van der Waals surface area (Å²) in [7, 11) is 0. The molecule has 1 aliphatic carbocycles. The summed E-state index contributed by atoms with van der Waals surface area (Å²) in [5.41, 5.74) is 2.91. The maximum atomic E-state index is 9.00. The monoisotopic (exact) mass is 176 g/mol. The van der Waals surface area contributed by atoms with Crippen LogP contribution in [0.1, 0.15) is 30.4 Å². The molecule has 1 aromatic carbocycles. The van der Waals surface area contributed by atoms with Gasteiger partial charge in [-0.15, -0.1) is 0 Å². The Labute approximate surface area is 79.4 Å². The highest BCUT2D eigenvalue weighted by atomic mass is 16.3. The first-order valence-corrected chi connectivity index (χ1v) is 5.05. The van der Waals surface area contributed by atoms with Gasteiger partial charge in [0, 0.05) is 6.61 Å². The second-order valence-electron chi connectivity index (χ2n) is 3.84. The fourth-order valence-corrected chi connectivity index (χ4v) is 2.05. The van der Waals surface area contributed by atoms with Gasteiger partial charge in [0.25, 0.3) is 0 Å². The largest absolute Gasteiger partial charge is 0.396 e. The fourth-order valence-electron chi connectivity index (χ4n) is 2.05. The Hall–Kier alpha value is -0.820. The Morgan fingerprint density at radius 1 is 1.38 bits per heavy atom. The lowest BCUT2D eigenvalue weighted by Crippen LogP contribution is -1.93. The lowest BCUT2D eigenvalue weighted by Gasteiger charge is -2.05. The summed E-state index contributed by atoms with van der Waals surface area (Å²) in [5, 5.41) is 9.00. The topological polar surface area (TPSA) is 20.2 Å². The molecule has 2 atom stereocenters. The molecule has 1 heteroatoms. The second-order valence-corrected chi connectivity index (χ2v) is 3.84. The molecular weight excluding hydrogens is 160 g/mol. The van der Waals surface area contributed by atoms with Gasteiger partial charge in [0.2, 0.25) is 0 Å². The van der Waals surface area contributed by atoms with E-state index in [0.29, 0.717) is 18.4 Å². The van der Waals surface area contributed by atoms with E-state index in [0.717, 1.165) is 6.42 Å². The van der Waals surface area contributed by atoms with Gasteiger partial charge in [0.15, 0.2) is 0 Å². The van der Waals surface area contributed by atoms with E-state index in [2.05, 4.69) is 31.2 Å². The molecule has 0 aliphatic heterocycles. The van der Waals surface area contributed by atoms with Crippen LogP contribution >= 0.6 is 0 Å². The first-order chi connectivity index (χ1) is 6.36. The van der Waals surface area contributed by atoms with Crippen molar-refractivity contribution in [3.05, 3.63) is 35.4 Å². The molecule has 0 saturated heterocycles. The van der Waals surface area contributed by atoms with Crippen molar-refractivity contribution in [1.29, 1.82) is 0 Å². The Balaban J connectivity index is 2.20. The summed E-state index contributed by atoms with van der Waals surface area (Å²) in [4.78, 5) is 0. The lowest BCUT2D eigenvalue weighted by molar-refractivity contribution is 0.274. The van der Waals surface area contributed by atoms with Crippen LogP contribution in [-0.2, 0) is 6.42 Å². The summed E-state index contributed by atoms with van der Waals surface area (Å²) in [6, 6.07) is 8.60. The van der Waals surface area contributed by atoms with Crippen molar-refractivity contribution in [1.82, 2.24) is 0 Å². The van der Waals surface area contributed by atoms with Gasteiger partial charge in [-0.1, -0.05) is 31.2 Å². The summed E-state index contributed by atoms with van der Waals surface area (Å²) < 4.78 is 0. The first-order valence-electron chi connectivity index (χ1n) is 5.05. The molecule has 1 N–H and O–H groups in total. The second kappa shape index (κ2) is 3.51. The summed E-state index contributed by atoms with van der Waals surface area (Å²) in [6.45, 7) is 2.54. The molecule has 0 unspecified atom stereocenters. The third-order valence-corrected chi connectivity index (χ3v) is 2.99. The molecule has 0 radical (unpaired) electrons. The van der Waals surface area contributed by atoms with Crippen molar-refractivity contribution in [3.63, 3.8) is 0 Å². The maximum Gasteiger partial charge on any atom is 0.0465 e. The van der Waals surface area contributed by atoms with Gasteiger partial charge in [-0.3, -0.25) is 0 Å². The summed E-state index contributed by atoms with van der Waals surface area (Å²) in [5.74, 6) is 1.17. The van der Waals surface area contributed by atoms with E-state index in [9.17, 15) is 0 Å². The predicted molar refractivity (Wildman–Crippen MR) is 53.8 cm³/mol. The summed E-state index contributed by atoms with van der Waals surface area (Å²) >= 11 is 0. The van der Waals surface area contributed by atoms with Gasteiger partial charge in [-0.05, 0) is 35.8 Å². The lowest BCUT2D eigenvalue weighted by atomic mass is 10.0. The predicted octanol–water partition coefficient (Wildman–Crippen LogP) is 2.34. The number of hydrogen-bond acceptors (Lipinski definition) is 1. The number of aliphatic hydroxyl groups is 1. The molecule has 0 heterocycles. The highest BCUT2D eigenvalue weighted by Crippen LogP contribution is 2.48. The Morgan fingerprint density at radius 3 is 2.77 bits per heavy atom. The molecule has 1 aromatic rings. The normalized spacial score (nSPS) is 26.0. The van der Waals surface area contributed by atoms with Gasteiger partial charge in [-0.25, -0.2) is 0 Å². The number of aliphatic hydroxyl groups excluding tert-OH is 1. The molecule has 1 fully saturated rings. The average molecular weight is 176 g/mol. The minimum atomic E-state index is 0.350. The number of benzene rings is 1. The molecule has 0 amide bonds. The van der Waals surface area contributed by atoms with Crippen molar-refractivity contribution in [2.45, 2.75) is 25.7 Å². The van der Waals surface area contributed by atoms with Gasteiger partial charge < -0.3 is 5.11 Å². The smallest absolute Gasteiger partial charge is 0.0465 e. The molecule has 2 rings (SSSR count). The van der Waals surface area contributed by atoms with Crippen molar-refractivity contribution < 1.29 is 5.11 Å². The molecule has 0 spiro atoms. The molecule has 13 heavy (non-hydrogen) atoms. The SMILES string of the molecule is CCc1ccccc1[C@H]1C[C@H]1CO. The zero-order valence-electron chi connectivity index (χ0n) is 8.03. The van der Waals surface area contributed by atoms with E-state index in [1.54, 1.807) is 0 Å². The first kappa shape index (κ1) is 8.76. The van der Waals surface area contributed by atoms with E-state index in [-0.39, 0.29) is 0 Å². The standard InChI is InChI=1S/C12H16O/c1-2-9-5-3-4-6-11(9)12-7-10(12)8-13/h3-6,10,12-13H,2,7-8H2,1H3/t10-,12-/m0/s1. The van der Waals surface area contributed by atoms with Gasteiger partial charge in [0.1, 0.15) is 0 Å². The summed E-state index contributed by atoms with van der Waals surface area (Å²) in [6.07, 6.45) is 2.28. The van der Waals surface area contributed by atoms with Crippen molar-refractivity contribution in [2.24, 2.45) is 5.92 Å². The highest BCUT2D eigenvalue weighted by Gasteiger charge is 2.38. The van der Waals surface area contributed by atoms with Crippen molar-refractivity contribution >= 4 is 0 Å². The highest BCUT2D eigenvalue weighted by molar-refractivity contribution is 5.34. The van der Waals surface area contributed by atoms with Crippen LogP contribution in [0.4, 0.5) is 0 Å². The molecule has 0 bridgehead atoms. The quantitative estimate of drug-likeness (QED) is 0.749. The van der Waals surface area contributed by atoms with Crippen molar-refractivity contribution in [3.8, 4) is 0 Å². The zero-order chi connectivity index (χ0) is 9.26. The van der Waals surface area contributed by atoms with Gasteiger partial charge in [0.05, 0.1) is 0 Å². The Kier molecular flexibility index (Phi) is 2.36. The van der Waals surface area contributed by atoms with Crippen LogP contribution in [0.25, 0.3) is 0 Å². The van der Waals surface area contributed by atoms with Crippen LogP contribution in [0.3, 0.4) is 0 Å². The zero-order valence-corrected chi connectivity index (χ0v) is 8.03. The third-order valence-electron chi connectivity index (χ3n) is 2.99. The van der Waals surface area contributed by atoms with Gasteiger partial charge >= 0.3 is 0 Å².